The van der Waals surface area contributed by atoms with Crippen LogP contribution in [-0.2, 0) is 10.1 Å². The van der Waals surface area contributed by atoms with Crippen molar-refractivity contribution in [2.45, 2.75) is 4.90 Å². The second-order valence-corrected chi connectivity index (χ2v) is 5.59. The van der Waals surface area contributed by atoms with Gasteiger partial charge in [-0.1, -0.05) is 12.1 Å². The van der Waals surface area contributed by atoms with E-state index in [0.717, 1.165) is 12.1 Å². The van der Waals surface area contributed by atoms with Gasteiger partial charge in [-0.25, -0.2) is 22.0 Å². The van der Waals surface area contributed by atoms with Gasteiger partial charge in [0.25, 0.3) is 0 Å². The molecule has 2 aromatic carbocycles. The summed E-state index contributed by atoms with van der Waals surface area (Å²) < 4.78 is 90.6. The van der Waals surface area contributed by atoms with E-state index in [2.05, 4.69) is 4.74 Å². The van der Waals surface area contributed by atoms with E-state index in [9.17, 15) is 40.4 Å². The van der Waals surface area contributed by atoms with Crippen LogP contribution in [0.2, 0.25) is 0 Å². The SMILES string of the molecule is O=C(Oc1c(F)c(F)c(S(=O)(=O)[O-])c(F)c1F)c1ccccc1O. The smallest absolute Gasteiger partial charge is 0.347 e. The normalized spacial score (nSPS) is 11.4. The fraction of sp³-hybridized carbons (Fsp3) is 0. The first kappa shape index (κ1) is 17.7. The molecule has 0 unspecified atom stereocenters. The molecule has 24 heavy (non-hydrogen) atoms. The second-order valence-electron chi connectivity index (χ2n) is 4.27. The monoisotopic (exact) mass is 365 g/mol. The number of esters is 1. The quantitative estimate of drug-likeness (QED) is 0.294. The summed E-state index contributed by atoms with van der Waals surface area (Å²) >= 11 is 0. The van der Waals surface area contributed by atoms with Gasteiger partial charge in [0.1, 0.15) is 26.3 Å². The van der Waals surface area contributed by atoms with Crippen LogP contribution in [0.25, 0.3) is 0 Å². The third kappa shape index (κ3) is 3.03. The molecule has 0 bridgehead atoms. The number of halogens is 4. The van der Waals surface area contributed by atoms with Crippen molar-refractivity contribution in [2.24, 2.45) is 0 Å². The summed E-state index contributed by atoms with van der Waals surface area (Å²) in [6.07, 6.45) is 0. The minimum absolute atomic E-state index is 0.586. The Kier molecular flexibility index (Phi) is 4.49. The number of hydrogen-bond donors (Lipinski definition) is 1. The van der Waals surface area contributed by atoms with Gasteiger partial charge in [0, 0.05) is 0 Å². The van der Waals surface area contributed by atoms with Crippen LogP contribution in [0, 0.1) is 23.3 Å². The number of carbonyl (C=O) groups is 1. The largest absolute Gasteiger partial charge is 0.744 e. The molecule has 0 spiro atoms. The van der Waals surface area contributed by atoms with E-state index in [4.69, 9.17) is 0 Å². The van der Waals surface area contributed by atoms with Gasteiger partial charge in [-0.3, -0.25) is 0 Å². The zero-order chi connectivity index (χ0) is 18.2. The molecule has 0 heterocycles. The highest BCUT2D eigenvalue weighted by Crippen LogP contribution is 2.33. The van der Waals surface area contributed by atoms with E-state index in [-0.39, 0.29) is 0 Å². The molecule has 0 aromatic heterocycles. The van der Waals surface area contributed by atoms with Crippen LogP contribution in [0.5, 0.6) is 11.5 Å². The van der Waals surface area contributed by atoms with Gasteiger partial charge in [0.15, 0.2) is 11.6 Å². The molecule has 0 saturated heterocycles. The average Bonchev–Trinajstić information content (AvgIpc) is 2.48. The van der Waals surface area contributed by atoms with Crippen LogP contribution in [0.3, 0.4) is 0 Å². The van der Waals surface area contributed by atoms with E-state index in [0.29, 0.717) is 0 Å². The average molecular weight is 365 g/mol. The first-order valence-corrected chi connectivity index (χ1v) is 7.28. The number of ether oxygens (including phenoxy) is 1. The summed E-state index contributed by atoms with van der Waals surface area (Å²) in [5, 5.41) is 9.40. The summed E-state index contributed by atoms with van der Waals surface area (Å²) in [5.41, 5.74) is -0.586. The van der Waals surface area contributed by atoms with Crippen LogP contribution in [0.15, 0.2) is 29.2 Å². The van der Waals surface area contributed by atoms with Crippen molar-refractivity contribution in [3.8, 4) is 11.5 Å². The van der Waals surface area contributed by atoms with Crippen molar-refractivity contribution < 1.29 is 45.2 Å². The van der Waals surface area contributed by atoms with Crippen molar-refractivity contribution in [2.75, 3.05) is 0 Å². The van der Waals surface area contributed by atoms with Crippen molar-refractivity contribution in [1.29, 1.82) is 0 Å². The fourth-order valence-electron chi connectivity index (χ4n) is 1.69. The lowest BCUT2D eigenvalue weighted by atomic mass is 10.2. The number of carbonyl (C=O) groups excluding carboxylic acids is 1. The third-order valence-corrected chi connectivity index (χ3v) is 3.61. The lowest BCUT2D eigenvalue weighted by Crippen LogP contribution is -2.16. The molecule has 2 rings (SSSR count). The van der Waals surface area contributed by atoms with Crippen LogP contribution in [-0.4, -0.2) is 24.0 Å². The van der Waals surface area contributed by atoms with E-state index >= 15 is 0 Å². The molecule has 0 aliphatic heterocycles. The second kappa shape index (κ2) is 6.09. The van der Waals surface area contributed by atoms with Gasteiger partial charge in [-0.05, 0) is 12.1 Å². The molecule has 2 aromatic rings. The van der Waals surface area contributed by atoms with Crippen molar-refractivity contribution in [1.82, 2.24) is 0 Å². The molecule has 1 N–H and O–H groups in total. The molecular formula is C13H5F4O6S-. The number of aromatic hydroxyl groups is 1. The lowest BCUT2D eigenvalue weighted by Gasteiger charge is -2.14. The Balaban J connectivity index is 2.58. The number of para-hydroxylation sites is 1. The maximum Gasteiger partial charge on any atom is 0.347 e. The maximum atomic E-state index is 13.7. The summed E-state index contributed by atoms with van der Waals surface area (Å²) in [6.45, 7) is 0. The van der Waals surface area contributed by atoms with Gasteiger partial charge < -0.3 is 14.4 Å². The zero-order valence-electron chi connectivity index (χ0n) is 11.2. The minimum Gasteiger partial charge on any atom is -0.744 e. The molecule has 0 atom stereocenters. The molecule has 128 valence electrons. The van der Waals surface area contributed by atoms with Gasteiger partial charge >= 0.3 is 5.97 Å². The number of benzene rings is 2. The first-order valence-electron chi connectivity index (χ1n) is 5.87. The highest BCUT2D eigenvalue weighted by Gasteiger charge is 2.31. The van der Waals surface area contributed by atoms with Crippen LogP contribution in [0.4, 0.5) is 17.6 Å². The van der Waals surface area contributed by atoms with Gasteiger partial charge in [-0.2, -0.15) is 8.78 Å². The predicted octanol–water partition coefficient (Wildman–Crippen LogP) is 2.07. The number of hydrogen-bond acceptors (Lipinski definition) is 6. The third-order valence-electron chi connectivity index (χ3n) is 2.75. The Hall–Kier alpha value is -2.66. The van der Waals surface area contributed by atoms with Crippen LogP contribution < -0.4 is 4.74 Å². The van der Waals surface area contributed by atoms with Gasteiger partial charge in [-0.15, -0.1) is 0 Å². The fourth-order valence-corrected chi connectivity index (χ4v) is 2.31. The van der Waals surface area contributed by atoms with Crippen LogP contribution >= 0.6 is 0 Å². The molecule has 6 nitrogen and oxygen atoms in total. The molecule has 0 fully saturated rings. The standard InChI is InChI=1S/C13H6F4O6S/c14-7-9(16)12(24(20,21)22)10(17)8(15)11(7)23-13(19)5-3-1-2-4-6(5)18/h1-4,18H,(H,20,21,22)/p-1. The van der Waals surface area contributed by atoms with Gasteiger partial charge in [0.2, 0.25) is 17.4 Å². The Labute approximate surface area is 131 Å². The Morgan fingerprint density at radius 2 is 1.50 bits per heavy atom. The minimum atomic E-state index is -5.87. The number of phenols is 1. The van der Waals surface area contributed by atoms with Crippen molar-refractivity contribution in [3.05, 3.63) is 53.1 Å². The number of phenolic OH excluding ortho intramolecular Hbond substituents is 1. The first-order chi connectivity index (χ1) is 11.1. The summed E-state index contributed by atoms with van der Waals surface area (Å²) in [5.74, 6) is -14.0. The molecule has 0 radical (unpaired) electrons. The molecular weight excluding hydrogens is 360 g/mol. The topological polar surface area (TPSA) is 104 Å². The summed E-state index contributed by atoms with van der Waals surface area (Å²) in [7, 11) is -5.87. The lowest BCUT2D eigenvalue weighted by molar-refractivity contribution is 0.0713. The zero-order valence-corrected chi connectivity index (χ0v) is 12.0. The van der Waals surface area contributed by atoms with Gasteiger partial charge in [0.05, 0.1) is 0 Å². The molecule has 0 saturated carbocycles. The highest BCUT2D eigenvalue weighted by atomic mass is 32.2. The Bertz CT molecular complexity index is 913. The van der Waals surface area contributed by atoms with E-state index in [1.165, 1.54) is 12.1 Å². The number of rotatable bonds is 3. The maximum absolute atomic E-state index is 13.7. The molecule has 0 amide bonds. The van der Waals surface area contributed by atoms with E-state index < -0.39 is 61.3 Å². The molecule has 0 aliphatic carbocycles. The van der Waals surface area contributed by atoms with E-state index in [1.54, 1.807) is 0 Å². The Morgan fingerprint density at radius 1 is 1.00 bits per heavy atom. The van der Waals surface area contributed by atoms with Crippen molar-refractivity contribution >= 4 is 16.1 Å². The summed E-state index contributed by atoms with van der Waals surface area (Å²) in [4.78, 5) is 9.33. The predicted molar refractivity (Wildman–Crippen MR) is 67.3 cm³/mol. The van der Waals surface area contributed by atoms with Crippen LogP contribution in [0.1, 0.15) is 10.4 Å². The van der Waals surface area contributed by atoms with E-state index in [1.807, 2.05) is 0 Å². The molecule has 0 aliphatic rings. The highest BCUT2D eigenvalue weighted by molar-refractivity contribution is 7.85. The molecule has 11 heteroatoms. The van der Waals surface area contributed by atoms with Crippen molar-refractivity contribution in [3.63, 3.8) is 0 Å². The Morgan fingerprint density at radius 3 is 1.96 bits per heavy atom. The summed E-state index contributed by atoms with van der Waals surface area (Å²) in [6, 6.07) is 4.56.